The standard InChI is InChI=1S/C11H15NO3/c1-14-10-3-7-5-12-6-9(13)8(7)4-11(10)15-2/h3-4,9,12-13H,5-6H2,1-2H3/t9-/m0/s1. The highest BCUT2D eigenvalue weighted by Gasteiger charge is 2.20. The molecule has 1 atom stereocenters. The van der Waals surface area contributed by atoms with Gasteiger partial charge in [0, 0.05) is 13.1 Å². The first kappa shape index (κ1) is 10.3. The molecule has 4 nitrogen and oxygen atoms in total. The van der Waals surface area contributed by atoms with Gasteiger partial charge in [0.25, 0.3) is 0 Å². The summed E-state index contributed by atoms with van der Waals surface area (Å²) in [6, 6.07) is 3.75. The number of rotatable bonds is 2. The average molecular weight is 209 g/mol. The number of nitrogens with one attached hydrogen (secondary N) is 1. The van der Waals surface area contributed by atoms with Crippen LogP contribution in [-0.2, 0) is 6.54 Å². The molecule has 0 aliphatic carbocycles. The third kappa shape index (κ3) is 1.78. The van der Waals surface area contributed by atoms with E-state index in [9.17, 15) is 5.11 Å². The molecule has 1 aliphatic heterocycles. The van der Waals surface area contributed by atoms with Gasteiger partial charge in [-0.15, -0.1) is 0 Å². The second-order valence-electron chi connectivity index (χ2n) is 3.55. The molecule has 82 valence electrons. The van der Waals surface area contributed by atoms with Crippen molar-refractivity contribution in [1.29, 1.82) is 0 Å². The maximum absolute atomic E-state index is 9.79. The van der Waals surface area contributed by atoms with Crippen molar-refractivity contribution in [1.82, 2.24) is 5.32 Å². The third-order valence-corrected chi connectivity index (χ3v) is 2.66. The Kier molecular flexibility index (Phi) is 2.79. The highest BCUT2D eigenvalue weighted by atomic mass is 16.5. The summed E-state index contributed by atoms with van der Waals surface area (Å²) in [7, 11) is 3.20. The number of β-amino-alcohol motifs (C(OH)–C–C–N with tert-alkyl or cyclic N) is 1. The van der Waals surface area contributed by atoms with Crippen LogP contribution >= 0.6 is 0 Å². The summed E-state index contributed by atoms with van der Waals surface area (Å²) in [6.45, 7) is 1.34. The quantitative estimate of drug-likeness (QED) is 0.758. The Morgan fingerprint density at radius 3 is 2.60 bits per heavy atom. The molecule has 0 fully saturated rings. The van der Waals surface area contributed by atoms with Gasteiger partial charge in [0.15, 0.2) is 11.5 Å². The molecule has 0 aromatic heterocycles. The van der Waals surface area contributed by atoms with Crippen LogP contribution in [0.1, 0.15) is 17.2 Å². The van der Waals surface area contributed by atoms with Crippen molar-refractivity contribution >= 4 is 0 Å². The van der Waals surface area contributed by atoms with Gasteiger partial charge in [-0.25, -0.2) is 0 Å². The van der Waals surface area contributed by atoms with Crippen LogP contribution < -0.4 is 14.8 Å². The normalized spacial score (nSPS) is 19.5. The van der Waals surface area contributed by atoms with E-state index in [0.717, 1.165) is 17.7 Å². The van der Waals surface area contributed by atoms with E-state index in [2.05, 4.69) is 5.32 Å². The van der Waals surface area contributed by atoms with Crippen molar-refractivity contribution in [3.8, 4) is 11.5 Å². The first-order valence-electron chi connectivity index (χ1n) is 4.90. The van der Waals surface area contributed by atoms with Gasteiger partial charge < -0.3 is 19.9 Å². The van der Waals surface area contributed by atoms with E-state index < -0.39 is 6.10 Å². The number of hydrogen-bond donors (Lipinski definition) is 2. The predicted molar refractivity (Wildman–Crippen MR) is 56.2 cm³/mol. The molecular weight excluding hydrogens is 194 g/mol. The second kappa shape index (κ2) is 4.08. The molecule has 15 heavy (non-hydrogen) atoms. The summed E-state index contributed by atoms with van der Waals surface area (Å²) >= 11 is 0. The summed E-state index contributed by atoms with van der Waals surface area (Å²) in [6.07, 6.45) is -0.464. The zero-order chi connectivity index (χ0) is 10.8. The molecule has 0 spiro atoms. The summed E-state index contributed by atoms with van der Waals surface area (Å²) in [5, 5.41) is 12.9. The SMILES string of the molecule is COc1cc2c(cc1OC)[C@@H](O)CNC2. The zero-order valence-corrected chi connectivity index (χ0v) is 8.91. The van der Waals surface area contributed by atoms with Gasteiger partial charge in [-0.05, 0) is 23.3 Å². The Labute approximate surface area is 88.8 Å². The maximum Gasteiger partial charge on any atom is 0.161 e. The Bertz CT molecular complexity index is 365. The Morgan fingerprint density at radius 1 is 1.27 bits per heavy atom. The minimum atomic E-state index is -0.464. The van der Waals surface area contributed by atoms with Crippen LogP contribution in [0.3, 0.4) is 0 Å². The first-order chi connectivity index (χ1) is 7.26. The average Bonchev–Trinajstić information content (AvgIpc) is 2.28. The van der Waals surface area contributed by atoms with Crippen LogP contribution in [0.25, 0.3) is 0 Å². The predicted octanol–water partition coefficient (Wildman–Crippen LogP) is 0.840. The summed E-state index contributed by atoms with van der Waals surface area (Å²) in [5.41, 5.74) is 1.98. The monoisotopic (exact) mass is 209 g/mol. The van der Waals surface area contributed by atoms with Crippen molar-refractivity contribution in [3.05, 3.63) is 23.3 Å². The summed E-state index contributed by atoms with van der Waals surface area (Å²) < 4.78 is 10.4. The van der Waals surface area contributed by atoms with Crippen LogP contribution in [0.2, 0.25) is 0 Å². The molecule has 0 bridgehead atoms. The largest absolute Gasteiger partial charge is 0.493 e. The Hall–Kier alpha value is -1.26. The van der Waals surface area contributed by atoms with Crippen molar-refractivity contribution in [2.45, 2.75) is 12.6 Å². The van der Waals surface area contributed by atoms with E-state index in [0.29, 0.717) is 18.0 Å². The Morgan fingerprint density at radius 2 is 1.93 bits per heavy atom. The van der Waals surface area contributed by atoms with E-state index in [4.69, 9.17) is 9.47 Å². The molecule has 2 N–H and O–H groups in total. The fourth-order valence-corrected chi connectivity index (χ4v) is 1.85. The molecule has 4 heteroatoms. The minimum Gasteiger partial charge on any atom is -0.493 e. The van der Waals surface area contributed by atoms with Gasteiger partial charge in [-0.2, -0.15) is 0 Å². The number of aliphatic hydroxyl groups is 1. The number of benzene rings is 1. The topological polar surface area (TPSA) is 50.7 Å². The van der Waals surface area contributed by atoms with E-state index in [1.54, 1.807) is 14.2 Å². The maximum atomic E-state index is 9.79. The van der Waals surface area contributed by atoms with Crippen molar-refractivity contribution in [3.63, 3.8) is 0 Å². The molecule has 0 saturated carbocycles. The molecule has 1 aromatic carbocycles. The van der Waals surface area contributed by atoms with Crippen molar-refractivity contribution in [2.75, 3.05) is 20.8 Å². The molecule has 0 radical (unpaired) electrons. The smallest absolute Gasteiger partial charge is 0.161 e. The summed E-state index contributed by atoms with van der Waals surface area (Å²) in [5.74, 6) is 1.37. The minimum absolute atomic E-state index is 0.464. The lowest BCUT2D eigenvalue weighted by Gasteiger charge is -2.23. The van der Waals surface area contributed by atoms with E-state index in [1.807, 2.05) is 12.1 Å². The Balaban J connectivity index is 2.48. The van der Waals surface area contributed by atoms with Crippen LogP contribution in [0, 0.1) is 0 Å². The number of aliphatic hydroxyl groups excluding tert-OH is 1. The number of fused-ring (bicyclic) bond motifs is 1. The molecule has 0 amide bonds. The van der Waals surface area contributed by atoms with Gasteiger partial charge in [-0.1, -0.05) is 0 Å². The number of methoxy groups -OCH3 is 2. The van der Waals surface area contributed by atoms with Crippen LogP contribution in [-0.4, -0.2) is 25.9 Å². The van der Waals surface area contributed by atoms with Crippen molar-refractivity contribution in [2.24, 2.45) is 0 Å². The van der Waals surface area contributed by atoms with Crippen LogP contribution in [0.5, 0.6) is 11.5 Å². The molecule has 1 aromatic rings. The van der Waals surface area contributed by atoms with Crippen molar-refractivity contribution < 1.29 is 14.6 Å². The zero-order valence-electron chi connectivity index (χ0n) is 8.91. The molecule has 1 aliphatic rings. The fourth-order valence-electron chi connectivity index (χ4n) is 1.85. The van der Waals surface area contributed by atoms with Gasteiger partial charge in [0.05, 0.1) is 20.3 Å². The molecule has 1 heterocycles. The molecule has 0 unspecified atom stereocenters. The fraction of sp³-hybridized carbons (Fsp3) is 0.455. The van der Waals surface area contributed by atoms with Gasteiger partial charge in [0.2, 0.25) is 0 Å². The van der Waals surface area contributed by atoms with Gasteiger partial charge in [-0.3, -0.25) is 0 Å². The third-order valence-electron chi connectivity index (χ3n) is 2.66. The number of ether oxygens (including phenoxy) is 2. The molecule has 2 rings (SSSR count). The number of hydrogen-bond acceptors (Lipinski definition) is 4. The lowest BCUT2D eigenvalue weighted by molar-refractivity contribution is 0.164. The van der Waals surface area contributed by atoms with Gasteiger partial charge in [0.1, 0.15) is 0 Å². The molecule has 0 saturated heterocycles. The van der Waals surface area contributed by atoms with Gasteiger partial charge >= 0.3 is 0 Å². The van der Waals surface area contributed by atoms with E-state index >= 15 is 0 Å². The highest BCUT2D eigenvalue weighted by Crippen LogP contribution is 2.34. The first-order valence-corrected chi connectivity index (χ1v) is 4.90. The lowest BCUT2D eigenvalue weighted by atomic mass is 9.98. The van der Waals surface area contributed by atoms with Crippen LogP contribution in [0.4, 0.5) is 0 Å². The van der Waals surface area contributed by atoms with Crippen LogP contribution in [0.15, 0.2) is 12.1 Å². The second-order valence-corrected chi connectivity index (χ2v) is 3.55. The highest BCUT2D eigenvalue weighted by molar-refractivity contribution is 5.48. The lowest BCUT2D eigenvalue weighted by Crippen LogP contribution is -2.28. The molecular formula is C11H15NO3. The van der Waals surface area contributed by atoms with E-state index in [-0.39, 0.29) is 0 Å². The van der Waals surface area contributed by atoms with E-state index in [1.165, 1.54) is 0 Å². The summed E-state index contributed by atoms with van der Waals surface area (Å²) in [4.78, 5) is 0.